The summed E-state index contributed by atoms with van der Waals surface area (Å²) in [4.78, 5) is 43.7. The molecule has 2 heterocycles. The van der Waals surface area contributed by atoms with Crippen LogP contribution in [0, 0.1) is 0 Å². The SMILES string of the molecule is CN=CC(NC(=O)c1nc(C2CC2)ccc1Nc1cncnc1)=C(N)C(=O)N(C)CCCO. The van der Waals surface area contributed by atoms with Gasteiger partial charge in [0, 0.05) is 45.1 Å². The molecule has 33 heavy (non-hydrogen) atoms. The third kappa shape index (κ3) is 6.32. The van der Waals surface area contributed by atoms with Crippen molar-refractivity contribution in [3.63, 3.8) is 0 Å². The Balaban J connectivity index is 1.89. The number of allylic oxidation sites excluding steroid dienone is 1. The van der Waals surface area contributed by atoms with Crippen molar-refractivity contribution in [2.24, 2.45) is 10.7 Å². The number of nitrogens with one attached hydrogen (secondary N) is 2. The molecule has 0 unspecified atom stereocenters. The molecular weight excluding hydrogens is 424 g/mol. The van der Waals surface area contributed by atoms with E-state index in [0.717, 1.165) is 18.5 Å². The molecule has 2 amide bonds. The van der Waals surface area contributed by atoms with Crippen LogP contribution >= 0.6 is 0 Å². The summed E-state index contributed by atoms with van der Waals surface area (Å²) in [6.07, 6.45) is 8.36. The van der Waals surface area contributed by atoms with Crippen molar-refractivity contribution in [1.29, 1.82) is 0 Å². The number of aliphatic imine (C=N–C) groups is 1. The number of nitrogens with zero attached hydrogens (tertiary/aromatic N) is 5. The van der Waals surface area contributed by atoms with Gasteiger partial charge in [0.05, 0.1) is 29.5 Å². The van der Waals surface area contributed by atoms with Crippen molar-refractivity contribution >= 4 is 29.4 Å². The summed E-state index contributed by atoms with van der Waals surface area (Å²) in [5, 5.41) is 14.8. The van der Waals surface area contributed by atoms with Gasteiger partial charge in [-0.2, -0.15) is 0 Å². The van der Waals surface area contributed by atoms with Crippen LogP contribution in [-0.4, -0.2) is 70.2 Å². The van der Waals surface area contributed by atoms with E-state index in [1.54, 1.807) is 25.5 Å². The number of nitrogens with two attached hydrogens (primary N) is 1. The number of pyridine rings is 1. The van der Waals surface area contributed by atoms with Gasteiger partial charge in [-0.1, -0.05) is 0 Å². The molecule has 1 aliphatic rings. The van der Waals surface area contributed by atoms with E-state index in [1.165, 1.54) is 24.5 Å². The summed E-state index contributed by atoms with van der Waals surface area (Å²) in [6, 6.07) is 3.68. The predicted octanol–water partition coefficient (Wildman–Crippen LogP) is 0.934. The number of anilines is 2. The van der Waals surface area contributed by atoms with Crippen molar-refractivity contribution in [2.75, 3.05) is 32.6 Å². The topological polar surface area (TPSA) is 159 Å². The van der Waals surface area contributed by atoms with Gasteiger partial charge in [-0.25, -0.2) is 15.0 Å². The molecule has 0 aromatic carbocycles. The average Bonchev–Trinajstić information content (AvgIpc) is 3.67. The largest absolute Gasteiger partial charge is 0.396 e. The first-order valence-corrected chi connectivity index (χ1v) is 10.6. The van der Waals surface area contributed by atoms with Crippen LogP contribution in [-0.2, 0) is 4.79 Å². The van der Waals surface area contributed by atoms with Gasteiger partial charge in [0.2, 0.25) is 0 Å². The molecule has 3 rings (SSSR count). The average molecular weight is 453 g/mol. The lowest BCUT2D eigenvalue weighted by Gasteiger charge is -2.18. The van der Waals surface area contributed by atoms with E-state index in [-0.39, 0.29) is 23.7 Å². The molecule has 1 saturated carbocycles. The molecular formula is C22H28N8O3. The summed E-state index contributed by atoms with van der Waals surface area (Å²) in [5.41, 5.74) is 8.00. The zero-order chi connectivity index (χ0) is 23.8. The minimum atomic E-state index is -0.541. The second kappa shape index (κ2) is 11.1. The Kier molecular flexibility index (Phi) is 8.03. The zero-order valence-electron chi connectivity index (χ0n) is 18.7. The molecule has 1 aliphatic carbocycles. The van der Waals surface area contributed by atoms with Crippen LogP contribution in [0.2, 0.25) is 0 Å². The van der Waals surface area contributed by atoms with E-state index in [4.69, 9.17) is 10.8 Å². The van der Waals surface area contributed by atoms with Gasteiger partial charge in [-0.05, 0) is 31.4 Å². The Morgan fingerprint density at radius 2 is 2.03 bits per heavy atom. The fraction of sp³-hybridized carbons (Fsp3) is 0.364. The first-order valence-electron chi connectivity index (χ1n) is 10.6. The molecule has 11 nitrogen and oxygen atoms in total. The van der Waals surface area contributed by atoms with Crippen molar-refractivity contribution < 1.29 is 14.7 Å². The number of likely N-dealkylation sites (N-methyl/N-ethyl adjacent to an activating group) is 1. The van der Waals surface area contributed by atoms with E-state index in [9.17, 15) is 9.59 Å². The minimum absolute atomic E-state index is 0.0491. The van der Waals surface area contributed by atoms with Crippen LogP contribution in [0.5, 0.6) is 0 Å². The molecule has 0 bridgehead atoms. The molecule has 1 fully saturated rings. The summed E-state index contributed by atoms with van der Waals surface area (Å²) < 4.78 is 0. The van der Waals surface area contributed by atoms with Gasteiger partial charge in [-0.3, -0.25) is 14.6 Å². The number of carbonyl (C=O) groups is 2. The van der Waals surface area contributed by atoms with Crippen LogP contribution in [0.15, 0.2) is 47.2 Å². The summed E-state index contributed by atoms with van der Waals surface area (Å²) >= 11 is 0. The van der Waals surface area contributed by atoms with Crippen molar-refractivity contribution in [3.8, 4) is 0 Å². The van der Waals surface area contributed by atoms with Crippen LogP contribution in [0.3, 0.4) is 0 Å². The number of aliphatic hydroxyl groups is 1. The quantitative estimate of drug-likeness (QED) is 0.306. The van der Waals surface area contributed by atoms with Gasteiger partial charge in [0.25, 0.3) is 11.8 Å². The maximum atomic E-state index is 13.3. The standard InChI is InChI=1S/C22H28N8O3/c1-24-12-18(19(23)22(33)30(2)8-3-9-31)29-21(32)20-17(27-15-10-25-13-26-11-15)7-6-16(28-20)14-4-5-14/h6-7,10-14,27,31H,3-5,8-9,23H2,1-2H3,(H,29,32). The van der Waals surface area contributed by atoms with Gasteiger partial charge in [0.15, 0.2) is 5.69 Å². The Labute approximate surface area is 191 Å². The number of hydrogen-bond acceptors (Lipinski definition) is 9. The molecule has 0 aliphatic heterocycles. The highest BCUT2D eigenvalue weighted by molar-refractivity contribution is 6.05. The highest BCUT2D eigenvalue weighted by Crippen LogP contribution is 2.39. The molecule has 11 heteroatoms. The van der Waals surface area contributed by atoms with Gasteiger partial charge in [-0.15, -0.1) is 0 Å². The van der Waals surface area contributed by atoms with Gasteiger partial charge < -0.3 is 26.4 Å². The second-order valence-corrected chi connectivity index (χ2v) is 7.63. The highest BCUT2D eigenvalue weighted by Gasteiger charge is 2.27. The van der Waals surface area contributed by atoms with Crippen LogP contribution < -0.4 is 16.4 Å². The summed E-state index contributed by atoms with van der Waals surface area (Å²) in [7, 11) is 3.08. The summed E-state index contributed by atoms with van der Waals surface area (Å²) in [5.74, 6) is -0.691. The van der Waals surface area contributed by atoms with Crippen LogP contribution in [0.25, 0.3) is 0 Å². The van der Waals surface area contributed by atoms with Gasteiger partial charge >= 0.3 is 0 Å². The lowest BCUT2D eigenvalue weighted by molar-refractivity contribution is -0.126. The Bertz CT molecular complexity index is 1050. The van der Waals surface area contributed by atoms with E-state index in [2.05, 4.69) is 30.6 Å². The smallest absolute Gasteiger partial charge is 0.276 e. The fourth-order valence-electron chi connectivity index (χ4n) is 3.08. The Morgan fingerprint density at radius 3 is 2.67 bits per heavy atom. The first-order chi connectivity index (χ1) is 15.9. The Hall–Kier alpha value is -3.86. The monoisotopic (exact) mass is 452 g/mol. The van der Waals surface area contributed by atoms with Crippen LogP contribution in [0.1, 0.15) is 41.4 Å². The lowest BCUT2D eigenvalue weighted by Crippen LogP contribution is -2.37. The maximum Gasteiger partial charge on any atom is 0.276 e. The third-order valence-electron chi connectivity index (χ3n) is 4.99. The van der Waals surface area contributed by atoms with E-state index < -0.39 is 11.8 Å². The molecule has 0 atom stereocenters. The molecule has 2 aromatic heterocycles. The normalized spacial score (nSPS) is 14.0. The molecule has 174 valence electrons. The number of aliphatic hydroxyl groups excluding tert-OH is 1. The van der Waals surface area contributed by atoms with Crippen molar-refractivity contribution in [3.05, 3.63) is 53.6 Å². The van der Waals surface area contributed by atoms with E-state index in [0.29, 0.717) is 30.3 Å². The third-order valence-corrected chi connectivity index (χ3v) is 4.99. The lowest BCUT2D eigenvalue weighted by atomic mass is 10.2. The fourth-order valence-corrected chi connectivity index (χ4v) is 3.08. The molecule has 5 N–H and O–H groups in total. The van der Waals surface area contributed by atoms with Crippen LogP contribution in [0.4, 0.5) is 11.4 Å². The number of carbonyl (C=O) groups excluding carboxylic acids is 2. The predicted molar refractivity (Wildman–Crippen MR) is 124 cm³/mol. The number of amides is 2. The van der Waals surface area contributed by atoms with E-state index in [1.807, 2.05) is 6.07 Å². The number of hydrogen-bond donors (Lipinski definition) is 4. The van der Waals surface area contributed by atoms with E-state index >= 15 is 0 Å². The summed E-state index contributed by atoms with van der Waals surface area (Å²) in [6.45, 7) is 0.269. The highest BCUT2D eigenvalue weighted by atomic mass is 16.3. The molecule has 0 spiro atoms. The van der Waals surface area contributed by atoms with Gasteiger partial charge in [0.1, 0.15) is 12.0 Å². The maximum absolute atomic E-state index is 13.3. The molecule has 0 radical (unpaired) electrons. The first kappa shape index (κ1) is 23.8. The number of aromatic nitrogens is 3. The van der Waals surface area contributed by atoms with Crippen molar-refractivity contribution in [2.45, 2.75) is 25.2 Å². The minimum Gasteiger partial charge on any atom is -0.396 e. The molecule has 0 saturated heterocycles. The molecule has 2 aromatic rings. The second-order valence-electron chi connectivity index (χ2n) is 7.63. The van der Waals surface area contributed by atoms with Crippen molar-refractivity contribution in [1.82, 2.24) is 25.2 Å². The Morgan fingerprint density at radius 1 is 1.30 bits per heavy atom. The number of rotatable bonds is 10. The zero-order valence-corrected chi connectivity index (χ0v) is 18.7.